The fourth-order valence-corrected chi connectivity index (χ4v) is 3.16. The highest BCUT2D eigenvalue weighted by molar-refractivity contribution is 5.98. The normalized spacial score (nSPS) is 16.6. The van der Waals surface area contributed by atoms with Crippen LogP contribution in [0, 0.1) is 0 Å². The van der Waals surface area contributed by atoms with Gasteiger partial charge in [-0.05, 0) is 19.1 Å². The van der Waals surface area contributed by atoms with E-state index in [1.165, 1.54) is 0 Å². The molecule has 0 saturated carbocycles. The largest absolute Gasteiger partial charge is 0.351 e. The number of para-hydroxylation sites is 1. The van der Waals surface area contributed by atoms with Gasteiger partial charge in [0.1, 0.15) is 5.69 Å². The summed E-state index contributed by atoms with van der Waals surface area (Å²) in [4.78, 5) is 31.9. The second kappa shape index (κ2) is 7.53. The highest BCUT2D eigenvalue weighted by Gasteiger charge is 2.28. The van der Waals surface area contributed by atoms with Crippen LogP contribution in [-0.4, -0.2) is 65.4 Å². The molecule has 0 radical (unpaired) electrons. The maximum atomic E-state index is 12.7. The molecule has 6 heteroatoms. The zero-order valence-electron chi connectivity index (χ0n) is 14.5. The van der Waals surface area contributed by atoms with Gasteiger partial charge in [-0.1, -0.05) is 24.3 Å². The lowest BCUT2D eigenvalue weighted by Gasteiger charge is -2.37. The van der Waals surface area contributed by atoms with E-state index in [4.69, 9.17) is 0 Å². The minimum atomic E-state index is -0.203. The summed E-state index contributed by atoms with van der Waals surface area (Å²) in [6.45, 7) is 8.59. The van der Waals surface area contributed by atoms with Crippen LogP contribution in [0.1, 0.15) is 17.4 Å². The van der Waals surface area contributed by atoms with E-state index in [0.29, 0.717) is 38.4 Å². The van der Waals surface area contributed by atoms with E-state index in [1.54, 1.807) is 6.08 Å². The molecule has 2 aromatic rings. The van der Waals surface area contributed by atoms with Crippen LogP contribution in [0.3, 0.4) is 0 Å². The Balaban J connectivity index is 1.59. The molecule has 132 valence electrons. The number of rotatable bonds is 5. The van der Waals surface area contributed by atoms with Crippen molar-refractivity contribution >= 4 is 22.7 Å². The van der Waals surface area contributed by atoms with E-state index in [1.807, 2.05) is 42.2 Å². The SMILES string of the molecule is C=CCNC(=O)[C@@H](C)N1CCN(C(=O)c2cc3ccccc3[nH]2)CC1. The zero-order valence-corrected chi connectivity index (χ0v) is 14.5. The number of H-pyrrole nitrogens is 1. The smallest absolute Gasteiger partial charge is 0.270 e. The molecule has 1 atom stereocenters. The van der Waals surface area contributed by atoms with E-state index >= 15 is 0 Å². The van der Waals surface area contributed by atoms with Crippen molar-refractivity contribution in [2.24, 2.45) is 0 Å². The van der Waals surface area contributed by atoms with Crippen molar-refractivity contribution in [3.63, 3.8) is 0 Å². The molecule has 2 heterocycles. The first-order chi connectivity index (χ1) is 12.1. The predicted octanol–water partition coefficient (Wildman–Crippen LogP) is 1.62. The van der Waals surface area contributed by atoms with Gasteiger partial charge in [0.15, 0.2) is 0 Å². The Hall–Kier alpha value is -2.60. The van der Waals surface area contributed by atoms with Crippen LogP contribution >= 0.6 is 0 Å². The maximum Gasteiger partial charge on any atom is 0.270 e. The molecule has 1 aliphatic rings. The topological polar surface area (TPSA) is 68.4 Å². The number of amides is 2. The van der Waals surface area contributed by atoms with E-state index in [0.717, 1.165) is 10.9 Å². The van der Waals surface area contributed by atoms with Gasteiger partial charge in [0.05, 0.1) is 6.04 Å². The predicted molar refractivity (Wildman–Crippen MR) is 98.4 cm³/mol. The second-order valence-electron chi connectivity index (χ2n) is 6.31. The average Bonchev–Trinajstić information content (AvgIpc) is 3.09. The highest BCUT2D eigenvalue weighted by atomic mass is 16.2. The summed E-state index contributed by atoms with van der Waals surface area (Å²) in [7, 11) is 0. The first-order valence-electron chi connectivity index (χ1n) is 8.60. The molecule has 0 unspecified atom stereocenters. The number of aromatic nitrogens is 1. The zero-order chi connectivity index (χ0) is 17.8. The molecule has 1 fully saturated rings. The summed E-state index contributed by atoms with van der Waals surface area (Å²) >= 11 is 0. The lowest BCUT2D eigenvalue weighted by molar-refractivity contribution is -0.126. The molecule has 0 spiro atoms. The molecule has 3 rings (SSSR count). The van der Waals surface area contributed by atoms with Gasteiger partial charge in [-0.15, -0.1) is 6.58 Å². The van der Waals surface area contributed by atoms with Crippen molar-refractivity contribution in [2.45, 2.75) is 13.0 Å². The number of nitrogens with one attached hydrogen (secondary N) is 2. The first-order valence-corrected chi connectivity index (χ1v) is 8.60. The average molecular weight is 340 g/mol. The number of nitrogens with zero attached hydrogens (tertiary/aromatic N) is 2. The molecule has 1 saturated heterocycles. The molecular formula is C19H24N4O2. The van der Waals surface area contributed by atoms with Crippen molar-refractivity contribution in [1.29, 1.82) is 0 Å². The second-order valence-corrected chi connectivity index (χ2v) is 6.31. The van der Waals surface area contributed by atoms with Gasteiger partial charge < -0.3 is 15.2 Å². The summed E-state index contributed by atoms with van der Waals surface area (Å²) in [6.07, 6.45) is 1.67. The van der Waals surface area contributed by atoms with Crippen molar-refractivity contribution in [3.8, 4) is 0 Å². The third kappa shape index (κ3) is 3.74. The van der Waals surface area contributed by atoms with Gasteiger partial charge >= 0.3 is 0 Å². The number of benzene rings is 1. The molecule has 1 aromatic heterocycles. The highest BCUT2D eigenvalue weighted by Crippen LogP contribution is 2.17. The molecule has 0 aliphatic carbocycles. The van der Waals surface area contributed by atoms with Gasteiger partial charge in [-0.3, -0.25) is 14.5 Å². The molecular weight excluding hydrogens is 316 g/mol. The van der Waals surface area contributed by atoms with Gasteiger partial charge in [0.25, 0.3) is 5.91 Å². The van der Waals surface area contributed by atoms with Crippen molar-refractivity contribution in [1.82, 2.24) is 20.1 Å². The number of fused-ring (bicyclic) bond motifs is 1. The Kier molecular flexibility index (Phi) is 5.19. The van der Waals surface area contributed by atoms with Gasteiger partial charge in [-0.25, -0.2) is 0 Å². The third-order valence-electron chi connectivity index (χ3n) is 4.71. The first kappa shape index (κ1) is 17.2. The Morgan fingerprint density at radius 3 is 2.68 bits per heavy atom. The Morgan fingerprint density at radius 1 is 1.28 bits per heavy atom. The summed E-state index contributed by atoms with van der Waals surface area (Å²) in [6, 6.07) is 9.56. The summed E-state index contributed by atoms with van der Waals surface area (Å²) < 4.78 is 0. The molecule has 25 heavy (non-hydrogen) atoms. The van der Waals surface area contributed by atoms with Crippen LogP contribution in [0.2, 0.25) is 0 Å². The van der Waals surface area contributed by atoms with E-state index in [2.05, 4.69) is 21.8 Å². The summed E-state index contributed by atoms with van der Waals surface area (Å²) in [5, 5.41) is 3.86. The van der Waals surface area contributed by atoms with Crippen molar-refractivity contribution in [3.05, 3.63) is 48.7 Å². The monoisotopic (exact) mass is 340 g/mol. The quantitative estimate of drug-likeness (QED) is 0.813. The van der Waals surface area contributed by atoms with E-state index in [-0.39, 0.29) is 17.9 Å². The van der Waals surface area contributed by atoms with Crippen LogP contribution in [0.5, 0.6) is 0 Å². The molecule has 1 aromatic carbocycles. The molecule has 6 nitrogen and oxygen atoms in total. The van der Waals surface area contributed by atoms with E-state index < -0.39 is 0 Å². The van der Waals surface area contributed by atoms with Crippen LogP contribution < -0.4 is 5.32 Å². The minimum Gasteiger partial charge on any atom is -0.351 e. The molecule has 2 amide bonds. The number of hydrogen-bond donors (Lipinski definition) is 2. The number of aromatic amines is 1. The fraction of sp³-hybridized carbons (Fsp3) is 0.368. The van der Waals surface area contributed by atoms with Gasteiger partial charge in [-0.2, -0.15) is 0 Å². The molecule has 2 N–H and O–H groups in total. The number of carbonyl (C=O) groups excluding carboxylic acids is 2. The summed E-state index contributed by atoms with van der Waals surface area (Å²) in [5.41, 5.74) is 1.59. The van der Waals surface area contributed by atoms with Crippen LogP contribution in [0.4, 0.5) is 0 Å². The van der Waals surface area contributed by atoms with Gasteiger partial charge in [0.2, 0.25) is 5.91 Å². The lowest BCUT2D eigenvalue weighted by atomic mass is 10.2. The standard InChI is InChI=1S/C19H24N4O2/c1-3-8-20-18(24)14(2)22-9-11-23(12-10-22)19(25)17-13-15-6-4-5-7-16(15)21-17/h3-7,13-14,21H,1,8-12H2,2H3,(H,20,24)/t14-/m1/s1. The fourth-order valence-electron chi connectivity index (χ4n) is 3.16. The minimum absolute atomic E-state index is 0.00436. The Morgan fingerprint density at radius 2 is 2.00 bits per heavy atom. The van der Waals surface area contributed by atoms with Crippen LogP contribution in [0.25, 0.3) is 10.9 Å². The summed E-state index contributed by atoms with van der Waals surface area (Å²) in [5.74, 6) is 0.00917. The molecule has 0 bridgehead atoms. The van der Waals surface area contributed by atoms with Crippen molar-refractivity contribution in [2.75, 3.05) is 32.7 Å². The van der Waals surface area contributed by atoms with Crippen LogP contribution in [0.15, 0.2) is 43.0 Å². The number of piperazine rings is 1. The lowest BCUT2D eigenvalue weighted by Crippen LogP contribution is -2.55. The maximum absolute atomic E-state index is 12.7. The van der Waals surface area contributed by atoms with E-state index in [9.17, 15) is 9.59 Å². The number of carbonyl (C=O) groups is 2. The Bertz CT molecular complexity index is 742. The van der Waals surface area contributed by atoms with Crippen molar-refractivity contribution < 1.29 is 9.59 Å². The number of hydrogen-bond acceptors (Lipinski definition) is 3. The Labute approximate surface area is 147 Å². The van der Waals surface area contributed by atoms with Gasteiger partial charge in [0, 0.05) is 43.6 Å². The molecule has 1 aliphatic heterocycles. The van der Waals surface area contributed by atoms with Crippen LogP contribution in [-0.2, 0) is 4.79 Å². The third-order valence-corrected chi connectivity index (χ3v) is 4.71.